The third-order valence-corrected chi connectivity index (χ3v) is 5.42. The van der Waals surface area contributed by atoms with Gasteiger partial charge in [0.25, 0.3) is 0 Å². The molecule has 1 nitrogen and oxygen atoms in total. The minimum Gasteiger partial charge on any atom is -0.296 e. The Bertz CT molecular complexity index is 835. The second-order valence-corrected chi connectivity index (χ2v) is 7.09. The Morgan fingerprint density at radius 1 is 0.750 bits per heavy atom. The molecule has 0 fully saturated rings. The Morgan fingerprint density at radius 2 is 1.25 bits per heavy atom. The van der Waals surface area contributed by atoms with Gasteiger partial charge in [-0.3, -0.25) is 4.90 Å². The van der Waals surface area contributed by atoms with Gasteiger partial charge in [0.1, 0.15) is 0 Å². The quantitative estimate of drug-likeness (QED) is 0.623. The van der Waals surface area contributed by atoms with Crippen LogP contribution in [-0.2, 0) is 12.0 Å². The molecule has 24 heavy (non-hydrogen) atoms. The molecule has 0 saturated carbocycles. The van der Waals surface area contributed by atoms with Gasteiger partial charge in [-0.15, -0.1) is 0 Å². The highest BCUT2D eigenvalue weighted by Crippen LogP contribution is 2.51. The minimum absolute atomic E-state index is 0.152. The minimum atomic E-state index is -0.152. The average molecular weight is 334 g/mol. The molecule has 0 N–H and O–H groups in total. The molecule has 0 bridgehead atoms. The molecule has 0 amide bonds. The van der Waals surface area contributed by atoms with Gasteiger partial charge in [-0.2, -0.15) is 0 Å². The number of halogens is 1. The molecule has 4 rings (SSSR count). The largest absolute Gasteiger partial charge is 0.296 e. The maximum absolute atomic E-state index is 6.08. The van der Waals surface area contributed by atoms with Crippen LogP contribution < -0.4 is 0 Å². The number of nitrogens with zero attached hydrogens (tertiary/aromatic N) is 1. The standard InChI is InChI=1S/C22H20ClN/c1-24(2)22(15-16-11-13-17(23)14-12-16)20-9-5-3-7-18(20)19-8-4-6-10-21(19)22/h3-14H,15H2,1-2H3. The number of rotatable bonds is 3. The number of fused-ring (bicyclic) bond motifs is 3. The number of hydrogen-bond donors (Lipinski definition) is 0. The highest BCUT2D eigenvalue weighted by Gasteiger charge is 2.44. The first kappa shape index (κ1) is 15.4. The van der Waals surface area contributed by atoms with Gasteiger partial charge < -0.3 is 0 Å². The third-order valence-electron chi connectivity index (χ3n) is 5.17. The van der Waals surface area contributed by atoms with Crippen molar-refractivity contribution in [2.75, 3.05) is 14.1 Å². The van der Waals surface area contributed by atoms with Crippen LogP contribution in [-0.4, -0.2) is 19.0 Å². The Kier molecular flexibility index (Phi) is 3.71. The summed E-state index contributed by atoms with van der Waals surface area (Å²) in [6.07, 6.45) is 0.922. The smallest absolute Gasteiger partial charge is 0.0763 e. The maximum Gasteiger partial charge on any atom is 0.0763 e. The summed E-state index contributed by atoms with van der Waals surface area (Å²) in [4.78, 5) is 2.35. The van der Waals surface area contributed by atoms with Gasteiger partial charge in [0, 0.05) is 5.02 Å². The van der Waals surface area contributed by atoms with Gasteiger partial charge in [-0.1, -0.05) is 72.3 Å². The van der Waals surface area contributed by atoms with E-state index in [1.54, 1.807) is 0 Å². The van der Waals surface area contributed by atoms with Gasteiger partial charge >= 0.3 is 0 Å². The molecule has 1 aliphatic carbocycles. The zero-order valence-electron chi connectivity index (χ0n) is 14.0. The van der Waals surface area contributed by atoms with E-state index in [4.69, 9.17) is 11.6 Å². The van der Waals surface area contributed by atoms with Crippen molar-refractivity contribution in [3.63, 3.8) is 0 Å². The van der Waals surface area contributed by atoms with Crippen LogP contribution in [0.3, 0.4) is 0 Å². The molecule has 0 saturated heterocycles. The lowest BCUT2D eigenvalue weighted by Gasteiger charge is -2.39. The molecular weight excluding hydrogens is 314 g/mol. The SMILES string of the molecule is CN(C)C1(Cc2ccc(Cl)cc2)c2ccccc2-c2ccccc21. The van der Waals surface area contributed by atoms with Crippen molar-refractivity contribution in [3.05, 3.63) is 94.5 Å². The van der Waals surface area contributed by atoms with Crippen molar-refractivity contribution >= 4 is 11.6 Å². The molecule has 120 valence electrons. The molecule has 0 heterocycles. The van der Waals surface area contributed by atoms with Crippen LogP contribution in [0.4, 0.5) is 0 Å². The van der Waals surface area contributed by atoms with Crippen molar-refractivity contribution in [1.82, 2.24) is 4.90 Å². The summed E-state index contributed by atoms with van der Waals surface area (Å²) in [6.45, 7) is 0. The molecule has 0 atom stereocenters. The highest BCUT2D eigenvalue weighted by molar-refractivity contribution is 6.30. The number of likely N-dealkylation sites (N-methyl/N-ethyl adjacent to an activating group) is 1. The molecule has 0 spiro atoms. The summed E-state index contributed by atoms with van der Waals surface area (Å²) in [5.41, 5.74) is 6.59. The fourth-order valence-electron chi connectivity index (χ4n) is 4.03. The summed E-state index contributed by atoms with van der Waals surface area (Å²) in [5.74, 6) is 0. The lowest BCUT2D eigenvalue weighted by molar-refractivity contribution is 0.204. The fourth-order valence-corrected chi connectivity index (χ4v) is 4.16. The van der Waals surface area contributed by atoms with Gasteiger partial charge in [0.15, 0.2) is 0 Å². The Morgan fingerprint density at radius 3 is 1.75 bits per heavy atom. The van der Waals surface area contributed by atoms with Crippen LogP contribution in [0.1, 0.15) is 16.7 Å². The zero-order valence-corrected chi connectivity index (χ0v) is 14.7. The Balaban J connectivity index is 1.95. The summed E-state index contributed by atoms with van der Waals surface area (Å²) in [6, 6.07) is 25.8. The lowest BCUT2D eigenvalue weighted by Crippen LogP contribution is -2.42. The summed E-state index contributed by atoms with van der Waals surface area (Å²) >= 11 is 6.08. The first-order valence-electron chi connectivity index (χ1n) is 8.24. The van der Waals surface area contributed by atoms with E-state index in [-0.39, 0.29) is 5.54 Å². The highest BCUT2D eigenvalue weighted by atomic mass is 35.5. The van der Waals surface area contributed by atoms with Gasteiger partial charge in [0.2, 0.25) is 0 Å². The van der Waals surface area contributed by atoms with Crippen LogP contribution in [0.25, 0.3) is 11.1 Å². The fraction of sp³-hybridized carbons (Fsp3) is 0.182. The number of benzene rings is 3. The monoisotopic (exact) mass is 333 g/mol. The third kappa shape index (κ3) is 2.20. The molecule has 0 radical (unpaired) electrons. The molecule has 0 aliphatic heterocycles. The van der Waals surface area contributed by atoms with Crippen LogP contribution in [0, 0.1) is 0 Å². The Hall–Kier alpha value is -2.09. The van der Waals surface area contributed by atoms with E-state index < -0.39 is 0 Å². The van der Waals surface area contributed by atoms with E-state index in [9.17, 15) is 0 Å². The predicted octanol–water partition coefficient (Wildman–Crippen LogP) is 5.37. The van der Waals surface area contributed by atoms with Crippen molar-refractivity contribution in [1.29, 1.82) is 0 Å². The van der Waals surface area contributed by atoms with E-state index >= 15 is 0 Å². The van der Waals surface area contributed by atoms with Gasteiger partial charge in [-0.05, 0) is 60.5 Å². The molecule has 0 unspecified atom stereocenters. The van der Waals surface area contributed by atoms with E-state index in [0.717, 1.165) is 11.4 Å². The molecule has 3 aromatic carbocycles. The van der Waals surface area contributed by atoms with E-state index in [0.29, 0.717) is 0 Å². The topological polar surface area (TPSA) is 3.24 Å². The van der Waals surface area contributed by atoms with Gasteiger partial charge in [-0.25, -0.2) is 0 Å². The summed E-state index contributed by atoms with van der Waals surface area (Å²) in [7, 11) is 4.35. The van der Waals surface area contributed by atoms with Crippen LogP contribution >= 0.6 is 11.6 Å². The first-order chi connectivity index (χ1) is 11.6. The lowest BCUT2D eigenvalue weighted by atomic mass is 9.80. The van der Waals surface area contributed by atoms with E-state index in [1.165, 1.54) is 27.8 Å². The van der Waals surface area contributed by atoms with Gasteiger partial charge in [0.05, 0.1) is 5.54 Å². The molecule has 0 aromatic heterocycles. The second-order valence-electron chi connectivity index (χ2n) is 6.65. The van der Waals surface area contributed by atoms with E-state index in [2.05, 4.69) is 79.7 Å². The van der Waals surface area contributed by atoms with Crippen LogP contribution in [0.15, 0.2) is 72.8 Å². The number of hydrogen-bond acceptors (Lipinski definition) is 1. The first-order valence-corrected chi connectivity index (χ1v) is 8.62. The van der Waals surface area contributed by atoms with Crippen molar-refractivity contribution in [2.24, 2.45) is 0 Å². The zero-order chi connectivity index (χ0) is 16.7. The second kappa shape index (κ2) is 5.77. The molecule has 2 heteroatoms. The van der Waals surface area contributed by atoms with E-state index in [1.807, 2.05) is 12.1 Å². The summed E-state index contributed by atoms with van der Waals surface area (Å²) in [5, 5.41) is 0.782. The summed E-state index contributed by atoms with van der Waals surface area (Å²) < 4.78 is 0. The van der Waals surface area contributed by atoms with Crippen molar-refractivity contribution in [2.45, 2.75) is 12.0 Å². The Labute approximate surface area is 148 Å². The normalized spacial score (nSPS) is 14.5. The van der Waals surface area contributed by atoms with Crippen LogP contribution in [0.2, 0.25) is 5.02 Å². The molecule has 1 aliphatic rings. The predicted molar refractivity (Wildman–Crippen MR) is 102 cm³/mol. The van der Waals surface area contributed by atoms with Crippen molar-refractivity contribution < 1.29 is 0 Å². The molecule has 3 aromatic rings. The average Bonchev–Trinajstić information content (AvgIpc) is 2.89. The maximum atomic E-state index is 6.08. The van der Waals surface area contributed by atoms with Crippen molar-refractivity contribution in [3.8, 4) is 11.1 Å². The van der Waals surface area contributed by atoms with Crippen LogP contribution in [0.5, 0.6) is 0 Å². The molecular formula is C22H20ClN.